The summed E-state index contributed by atoms with van der Waals surface area (Å²) < 4.78 is 7.19. The first-order valence-corrected chi connectivity index (χ1v) is 7.65. The maximum absolute atomic E-state index is 6.07. The first kappa shape index (κ1) is 13.9. The molecule has 100 valence electrons. The molecule has 1 aromatic carbocycles. The monoisotopic (exact) mass is 311 g/mol. The van der Waals surface area contributed by atoms with Gasteiger partial charge in [0.15, 0.2) is 0 Å². The molecule has 1 aliphatic rings. The van der Waals surface area contributed by atoms with Gasteiger partial charge in [0, 0.05) is 10.5 Å². The van der Waals surface area contributed by atoms with Crippen molar-refractivity contribution in [2.75, 3.05) is 0 Å². The molecule has 0 bridgehead atoms. The molecule has 0 heterocycles. The van der Waals surface area contributed by atoms with Gasteiger partial charge in [0.25, 0.3) is 0 Å². The Hall–Kier alpha value is -0.540. The van der Waals surface area contributed by atoms with Crippen LogP contribution in [0.2, 0.25) is 0 Å². The second-order valence-corrected chi connectivity index (χ2v) is 6.17. The van der Waals surface area contributed by atoms with Crippen molar-refractivity contribution < 1.29 is 4.74 Å². The first-order chi connectivity index (χ1) is 8.65. The zero-order chi connectivity index (χ0) is 13.0. The first-order valence-electron chi connectivity index (χ1n) is 6.86. The van der Waals surface area contributed by atoms with Gasteiger partial charge in [-0.3, -0.25) is 0 Å². The van der Waals surface area contributed by atoms with Gasteiger partial charge >= 0.3 is 0 Å². The summed E-state index contributed by atoms with van der Waals surface area (Å²) in [6.45, 7) is 2.03. The van der Waals surface area contributed by atoms with E-state index in [1.165, 1.54) is 37.7 Å². The molecule has 0 aromatic heterocycles. The number of ether oxygens (including phenoxy) is 1. The number of halogens is 1. The Kier molecular flexibility index (Phi) is 5.07. The summed E-state index contributed by atoms with van der Waals surface area (Å²) in [4.78, 5) is 0. The third-order valence-electron chi connectivity index (χ3n) is 3.41. The van der Waals surface area contributed by atoms with Crippen molar-refractivity contribution in [1.82, 2.24) is 0 Å². The smallest absolute Gasteiger partial charge is 0.120 e. The van der Waals surface area contributed by atoms with Gasteiger partial charge in [-0.25, -0.2) is 0 Å². The predicted molar refractivity (Wildman–Crippen MR) is 79.0 cm³/mol. The van der Waals surface area contributed by atoms with Gasteiger partial charge in [-0.15, -0.1) is 0 Å². The topological polar surface area (TPSA) is 35.2 Å². The van der Waals surface area contributed by atoms with Gasteiger partial charge in [0.05, 0.1) is 6.10 Å². The lowest BCUT2D eigenvalue weighted by atomic mass is 9.98. The highest BCUT2D eigenvalue weighted by Crippen LogP contribution is 2.27. The zero-order valence-electron chi connectivity index (χ0n) is 11.0. The van der Waals surface area contributed by atoms with E-state index in [1.807, 2.05) is 13.0 Å². The molecule has 0 radical (unpaired) electrons. The Morgan fingerprint density at radius 3 is 2.72 bits per heavy atom. The normalized spacial score (nSPS) is 18.6. The van der Waals surface area contributed by atoms with E-state index in [0.29, 0.717) is 6.10 Å². The van der Waals surface area contributed by atoms with E-state index in [-0.39, 0.29) is 6.04 Å². The predicted octanol–water partition coefficient (Wildman–Crippen LogP) is 4.05. The molecule has 2 rings (SSSR count). The van der Waals surface area contributed by atoms with Crippen molar-refractivity contribution in [3.05, 3.63) is 28.2 Å². The summed E-state index contributed by atoms with van der Waals surface area (Å²) in [6.07, 6.45) is 7.63. The molecule has 0 spiro atoms. The quantitative estimate of drug-likeness (QED) is 0.910. The second kappa shape index (κ2) is 6.58. The Morgan fingerprint density at radius 2 is 2.06 bits per heavy atom. The second-order valence-electron chi connectivity index (χ2n) is 5.31. The van der Waals surface area contributed by atoms with Crippen LogP contribution in [0.5, 0.6) is 5.75 Å². The number of hydrogen-bond acceptors (Lipinski definition) is 2. The van der Waals surface area contributed by atoms with Crippen molar-refractivity contribution in [1.29, 1.82) is 0 Å². The average molecular weight is 312 g/mol. The summed E-state index contributed by atoms with van der Waals surface area (Å²) in [5.74, 6) is 0.987. The molecule has 1 unspecified atom stereocenters. The maximum atomic E-state index is 6.07. The molecule has 2 nitrogen and oxygen atoms in total. The number of nitrogens with two attached hydrogens (primary N) is 1. The fraction of sp³-hybridized carbons (Fsp3) is 0.600. The summed E-state index contributed by atoms with van der Waals surface area (Å²) in [6, 6.07) is 6.41. The van der Waals surface area contributed by atoms with Crippen molar-refractivity contribution in [2.45, 2.75) is 57.6 Å². The Balaban J connectivity index is 2.03. The van der Waals surface area contributed by atoms with E-state index in [0.717, 1.165) is 16.6 Å². The van der Waals surface area contributed by atoms with E-state index in [9.17, 15) is 0 Å². The highest BCUT2D eigenvalue weighted by molar-refractivity contribution is 9.10. The van der Waals surface area contributed by atoms with E-state index in [1.54, 1.807) is 0 Å². The van der Waals surface area contributed by atoms with E-state index < -0.39 is 0 Å². The molecule has 0 amide bonds. The highest BCUT2D eigenvalue weighted by atomic mass is 79.9. The molecule has 18 heavy (non-hydrogen) atoms. The maximum Gasteiger partial charge on any atom is 0.120 e. The van der Waals surface area contributed by atoms with Crippen LogP contribution in [0, 0.1) is 0 Å². The molecule has 1 atom stereocenters. The zero-order valence-corrected chi connectivity index (χ0v) is 12.6. The van der Waals surface area contributed by atoms with Crippen LogP contribution in [0.15, 0.2) is 22.7 Å². The Bertz CT molecular complexity index is 386. The minimum atomic E-state index is 0.172. The molecular weight excluding hydrogens is 290 g/mol. The summed E-state index contributed by atoms with van der Waals surface area (Å²) in [5.41, 5.74) is 7.10. The third-order valence-corrected chi connectivity index (χ3v) is 4.19. The van der Waals surface area contributed by atoms with Gasteiger partial charge in [-0.1, -0.05) is 22.4 Å². The van der Waals surface area contributed by atoms with Crippen LogP contribution in [-0.2, 0) is 6.42 Å². The average Bonchev–Trinajstić information content (AvgIpc) is 2.34. The minimum absolute atomic E-state index is 0.172. The molecule has 1 aromatic rings. The molecule has 1 fully saturated rings. The van der Waals surface area contributed by atoms with Gasteiger partial charge in [0.1, 0.15) is 5.75 Å². The lowest BCUT2D eigenvalue weighted by molar-refractivity contribution is 0.155. The molecule has 0 saturated heterocycles. The molecule has 1 saturated carbocycles. The van der Waals surface area contributed by atoms with E-state index >= 15 is 0 Å². The van der Waals surface area contributed by atoms with Crippen LogP contribution >= 0.6 is 15.9 Å². The SMILES string of the molecule is CC(N)Cc1cc(OC2CCCCC2)ccc1Br. The number of hydrogen-bond donors (Lipinski definition) is 1. The standard InChI is InChI=1S/C15H22BrNO/c1-11(17)9-12-10-14(7-8-15(12)16)18-13-5-3-2-4-6-13/h7-8,10-11,13H,2-6,9,17H2,1H3. The van der Waals surface area contributed by atoms with Crippen molar-refractivity contribution in [3.8, 4) is 5.75 Å². The minimum Gasteiger partial charge on any atom is -0.490 e. The Labute approximate surface area is 118 Å². The largest absolute Gasteiger partial charge is 0.490 e. The lowest BCUT2D eigenvalue weighted by Crippen LogP contribution is -2.20. The fourth-order valence-electron chi connectivity index (χ4n) is 2.50. The molecule has 0 aliphatic heterocycles. The van der Waals surface area contributed by atoms with Gasteiger partial charge in [-0.05, 0) is 62.8 Å². The van der Waals surface area contributed by atoms with E-state index in [4.69, 9.17) is 10.5 Å². The van der Waals surface area contributed by atoms with Crippen LogP contribution in [0.25, 0.3) is 0 Å². The molecule has 3 heteroatoms. The van der Waals surface area contributed by atoms with Gasteiger partial charge in [0.2, 0.25) is 0 Å². The third kappa shape index (κ3) is 3.99. The Morgan fingerprint density at radius 1 is 1.33 bits per heavy atom. The van der Waals surface area contributed by atoms with Crippen molar-refractivity contribution in [2.24, 2.45) is 5.73 Å². The highest BCUT2D eigenvalue weighted by Gasteiger charge is 2.15. The van der Waals surface area contributed by atoms with Crippen LogP contribution in [0.4, 0.5) is 0 Å². The van der Waals surface area contributed by atoms with Crippen LogP contribution in [0.3, 0.4) is 0 Å². The molecule has 1 aliphatic carbocycles. The van der Waals surface area contributed by atoms with Crippen LogP contribution in [-0.4, -0.2) is 12.1 Å². The van der Waals surface area contributed by atoms with Crippen molar-refractivity contribution in [3.63, 3.8) is 0 Å². The summed E-state index contributed by atoms with van der Waals surface area (Å²) in [7, 11) is 0. The number of benzene rings is 1. The summed E-state index contributed by atoms with van der Waals surface area (Å²) >= 11 is 3.57. The number of rotatable bonds is 4. The van der Waals surface area contributed by atoms with E-state index in [2.05, 4.69) is 28.1 Å². The lowest BCUT2D eigenvalue weighted by Gasteiger charge is -2.23. The van der Waals surface area contributed by atoms with Gasteiger partial charge in [-0.2, -0.15) is 0 Å². The van der Waals surface area contributed by atoms with Crippen LogP contribution < -0.4 is 10.5 Å². The molecule has 2 N–H and O–H groups in total. The van der Waals surface area contributed by atoms with Crippen molar-refractivity contribution >= 4 is 15.9 Å². The van der Waals surface area contributed by atoms with Gasteiger partial charge < -0.3 is 10.5 Å². The summed E-state index contributed by atoms with van der Waals surface area (Å²) in [5, 5.41) is 0. The fourth-order valence-corrected chi connectivity index (χ4v) is 2.91. The van der Waals surface area contributed by atoms with Crippen LogP contribution in [0.1, 0.15) is 44.6 Å². The molecular formula is C15H22BrNO.